The third-order valence-corrected chi connectivity index (χ3v) is 3.74. The molecule has 1 aromatic carbocycles. The predicted molar refractivity (Wildman–Crippen MR) is 69.2 cm³/mol. The van der Waals surface area contributed by atoms with Crippen LogP contribution in [0.2, 0.25) is 0 Å². The van der Waals surface area contributed by atoms with Crippen molar-refractivity contribution < 1.29 is 0 Å². The Morgan fingerprint density at radius 3 is 2.50 bits per heavy atom. The first-order chi connectivity index (χ1) is 6.84. The lowest BCUT2D eigenvalue weighted by molar-refractivity contribution is 0.668. The van der Waals surface area contributed by atoms with E-state index in [0.717, 1.165) is 5.33 Å². The highest BCUT2D eigenvalue weighted by molar-refractivity contribution is 9.09. The van der Waals surface area contributed by atoms with Gasteiger partial charge in [-0.15, -0.1) is 0 Å². The SMILES string of the molecule is BrCCCCCC(Br)c1cc[c]cc1. The third-order valence-electron chi connectivity index (χ3n) is 2.20. The van der Waals surface area contributed by atoms with Crippen LogP contribution in [0.15, 0.2) is 24.3 Å². The van der Waals surface area contributed by atoms with Crippen molar-refractivity contribution in [3.8, 4) is 0 Å². The molecular weight excluding hydrogens is 304 g/mol. The minimum Gasteiger partial charge on any atom is -0.0928 e. The number of rotatable bonds is 6. The van der Waals surface area contributed by atoms with E-state index in [1.165, 1.54) is 31.2 Å². The summed E-state index contributed by atoms with van der Waals surface area (Å²) in [6.45, 7) is 0. The summed E-state index contributed by atoms with van der Waals surface area (Å²) >= 11 is 7.16. The van der Waals surface area contributed by atoms with Crippen molar-refractivity contribution in [3.05, 3.63) is 35.9 Å². The lowest BCUT2D eigenvalue weighted by Gasteiger charge is -2.09. The molecule has 1 aromatic rings. The number of unbranched alkanes of at least 4 members (excludes halogenated alkanes) is 2. The lowest BCUT2D eigenvalue weighted by atomic mass is 10.1. The van der Waals surface area contributed by atoms with Crippen molar-refractivity contribution in [2.45, 2.75) is 30.5 Å². The van der Waals surface area contributed by atoms with Crippen LogP contribution in [0.5, 0.6) is 0 Å². The highest BCUT2D eigenvalue weighted by atomic mass is 79.9. The van der Waals surface area contributed by atoms with Gasteiger partial charge in [0.25, 0.3) is 0 Å². The first-order valence-electron chi connectivity index (χ1n) is 5.00. The van der Waals surface area contributed by atoms with Crippen LogP contribution in [0.3, 0.4) is 0 Å². The summed E-state index contributed by atoms with van der Waals surface area (Å²) < 4.78 is 0. The van der Waals surface area contributed by atoms with E-state index in [-0.39, 0.29) is 0 Å². The van der Waals surface area contributed by atoms with Gasteiger partial charge in [0, 0.05) is 10.2 Å². The number of hydrogen-bond acceptors (Lipinski definition) is 0. The Bertz CT molecular complexity index is 233. The van der Waals surface area contributed by atoms with Gasteiger partial charge in [-0.25, -0.2) is 0 Å². The van der Waals surface area contributed by atoms with Crippen LogP contribution >= 0.6 is 31.9 Å². The fourth-order valence-electron chi connectivity index (χ4n) is 1.37. The molecule has 0 aromatic heterocycles. The maximum atomic E-state index is 3.71. The normalized spacial score (nSPS) is 12.7. The van der Waals surface area contributed by atoms with E-state index in [9.17, 15) is 0 Å². The molecule has 0 spiro atoms. The molecule has 1 rings (SSSR count). The van der Waals surface area contributed by atoms with Crippen molar-refractivity contribution in [2.75, 3.05) is 5.33 Å². The molecule has 77 valence electrons. The van der Waals surface area contributed by atoms with Gasteiger partial charge in [0.1, 0.15) is 0 Å². The zero-order valence-corrected chi connectivity index (χ0v) is 11.4. The van der Waals surface area contributed by atoms with Crippen LogP contribution in [0.1, 0.15) is 36.1 Å². The second-order valence-electron chi connectivity index (χ2n) is 3.34. The van der Waals surface area contributed by atoms with E-state index in [0.29, 0.717) is 4.83 Å². The Morgan fingerprint density at radius 1 is 1.14 bits per heavy atom. The van der Waals surface area contributed by atoms with Crippen molar-refractivity contribution in [3.63, 3.8) is 0 Å². The van der Waals surface area contributed by atoms with Crippen molar-refractivity contribution in [1.29, 1.82) is 0 Å². The molecule has 0 aliphatic rings. The van der Waals surface area contributed by atoms with Gasteiger partial charge in [-0.3, -0.25) is 0 Å². The van der Waals surface area contributed by atoms with E-state index in [2.05, 4.69) is 50.1 Å². The number of alkyl halides is 2. The van der Waals surface area contributed by atoms with Gasteiger partial charge in [-0.2, -0.15) is 0 Å². The van der Waals surface area contributed by atoms with Gasteiger partial charge in [0.2, 0.25) is 0 Å². The van der Waals surface area contributed by atoms with Gasteiger partial charge < -0.3 is 0 Å². The summed E-state index contributed by atoms with van der Waals surface area (Å²) in [7, 11) is 0. The smallest absolute Gasteiger partial charge is 0.0395 e. The molecule has 0 aliphatic carbocycles. The molecule has 1 atom stereocenters. The second-order valence-corrected chi connectivity index (χ2v) is 5.24. The Morgan fingerprint density at radius 2 is 1.86 bits per heavy atom. The van der Waals surface area contributed by atoms with E-state index < -0.39 is 0 Å². The average Bonchev–Trinajstić information content (AvgIpc) is 2.25. The minimum atomic E-state index is 0.507. The monoisotopic (exact) mass is 317 g/mol. The first-order valence-corrected chi connectivity index (χ1v) is 7.04. The Hall–Kier alpha value is 0.180. The molecule has 0 amide bonds. The second kappa shape index (κ2) is 7.47. The molecule has 0 bridgehead atoms. The molecule has 1 unspecified atom stereocenters. The fourth-order valence-corrected chi connectivity index (χ4v) is 2.40. The van der Waals surface area contributed by atoms with Crippen molar-refractivity contribution in [2.24, 2.45) is 0 Å². The van der Waals surface area contributed by atoms with Gasteiger partial charge in [-0.05, 0) is 24.5 Å². The van der Waals surface area contributed by atoms with Gasteiger partial charge in [0.05, 0.1) is 0 Å². The molecular formula is C12H15Br2. The highest BCUT2D eigenvalue weighted by Crippen LogP contribution is 2.28. The Balaban J connectivity index is 2.25. The van der Waals surface area contributed by atoms with E-state index >= 15 is 0 Å². The van der Waals surface area contributed by atoms with Crippen LogP contribution in [-0.2, 0) is 0 Å². The maximum Gasteiger partial charge on any atom is 0.0395 e. The van der Waals surface area contributed by atoms with Crippen LogP contribution in [0.25, 0.3) is 0 Å². The van der Waals surface area contributed by atoms with Gasteiger partial charge in [-0.1, -0.05) is 69.0 Å². The molecule has 0 fully saturated rings. The van der Waals surface area contributed by atoms with Crippen LogP contribution in [0.4, 0.5) is 0 Å². The summed E-state index contributed by atoms with van der Waals surface area (Å²) in [5, 5.41) is 1.13. The van der Waals surface area contributed by atoms with Crippen LogP contribution in [-0.4, -0.2) is 5.33 Å². The van der Waals surface area contributed by atoms with Gasteiger partial charge >= 0.3 is 0 Å². The minimum absolute atomic E-state index is 0.507. The number of hydrogen-bond donors (Lipinski definition) is 0. The maximum absolute atomic E-state index is 3.71. The molecule has 2 heteroatoms. The zero-order valence-electron chi connectivity index (χ0n) is 8.18. The summed E-state index contributed by atoms with van der Waals surface area (Å²) in [6, 6.07) is 11.2. The van der Waals surface area contributed by atoms with E-state index in [4.69, 9.17) is 0 Å². The molecule has 0 nitrogen and oxygen atoms in total. The molecule has 0 saturated carbocycles. The summed E-state index contributed by atoms with van der Waals surface area (Å²) in [4.78, 5) is 0.507. The number of halogens is 2. The zero-order chi connectivity index (χ0) is 10.2. The molecule has 0 heterocycles. The molecule has 14 heavy (non-hydrogen) atoms. The number of benzene rings is 1. The Kier molecular flexibility index (Phi) is 6.54. The first kappa shape index (κ1) is 12.3. The summed E-state index contributed by atoms with van der Waals surface area (Å²) in [6.07, 6.45) is 5.10. The largest absolute Gasteiger partial charge is 0.0928 e. The molecule has 0 aliphatic heterocycles. The summed E-state index contributed by atoms with van der Waals surface area (Å²) in [5.41, 5.74) is 1.36. The topological polar surface area (TPSA) is 0 Å². The van der Waals surface area contributed by atoms with Crippen molar-refractivity contribution in [1.82, 2.24) is 0 Å². The van der Waals surface area contributed by atoms with Crippen LogP contribution < -0.4 is 0 Å². The molecule has 0 N–H and O–H groups in total. The van der Waals surface area contributed by atoms with Gasteiger partial charge in [0.15, 0.2) is 0 Å². The standard InChI is InChI=1S/C12H15Br2/c13-10-6-2-5-9-12(14)11-7-3-1-4-8-11/h3-4,7-8,12H,2,5-6,9-10H2. The van der Waals surface area contributed by atoms with Crippen LogP contribution in [0, 0.1) is 6.07 Å². The predicted octanol–water partition coefficient (Wildman–Crippen LogP) is 4.88. The third kappa shape index (κ3) is 4.61. The highest BCUT2D eigenvalue weighted by Gasteiger charge is 2.05. The summed E-state index contributed by atoms with van der Waals surface area (Å²) in [5.74, 6) is 0. The average molecular weight is 319 g/mol. The lowest BCUT2D eigenvalue weighted by Crippen LogP contribution is -1.90. The van der Waals surface area contributed by atoms with E-state index in [1.807, 2.05) is 12.1 Å². The Labute approximate surface area is 103 Å². The van der Waals surface area contributed by atoms with E-state index in [1.54, 1.807) is 0 Å². The molecule has 1 radical (unpaired) electrons. The van der Waals surface area contributed by atoms with Crippen molar-refractivity contribution >= 4 is 31.9 Å². The molecule has 0 saturated heterocycles. The quantitative estimate of drug-likeness (QED) is 0.518. The fraction of sp³-hybridized carbons (Fsp3) is 0.500.